The monoisotopic (exact) mass is 1940 g/mol. The molecule has 0 aromatic carbocycles. The summed E-state index contributed by atoms with van der Waals surface area (Å²) in [5.41, 5.74) is -9.37. The van der Waals surface area contributed by atoms with Crippen LogP contribution in [0, 0.1) is 56.2 Å². The van der Waals surface area contributed by atoms with Crippen molar-refractivity contribution in [1.29, 1.82) is 0 Å². The fraction of sp³-hybridized carbons (Fsp3) is 0.742. The van der Waals surface area contributed by atoms with Gasteiger partial charge in [-0.3, -0.25) is 47.9 Å². The number of aliphatic hydroxyl groups excluding tert-OH is 3. The van der Waals surface area contributed by atoms with Crippen LogP contribution < -0.4 is 0 Å². The van der Waals surface area contributed by atoms with Crippen LogP contribution in [0.3, 0.4) is 0 Å². The van der Waals surface area contributed by atoms with E-state index >= 15 is 0 Å². The average Bonchev–Trinajstić information content (AvgIpc) is 0.773. The quantitative estimate of drug-likeness (QED) is 0.0234. The second kappa shape index (κ2) is 66.8. The maximum absolute atomic E-state index is 14.9. The van der Waals surface area contributed by atoms with Crippen molar-refractivity contribution in [3.8, 4) is 0 Å². The molecule has 0 aromatic heterocycles. The number of hydrogen-bond acceptors (Lipinski definition) is 39. The van der Waals surface area contributed by atoms with Gasteiger partial charge < -0.3 is 115 Å². The Labute approximate surface area is 802 Å². The van der Waals surface area contributed by atoms with Crippen LogP contribution in [0.2, 0.25) is 0 Å². The van der Waals surface area contributed by atoms with Crippen LogP contribution in [0.15, 0.2) is 61.8 Å². The lowest BCUT2D eigenvalue weighted by molar-refractivity contribution is -0.202. The predicted molar refractivity (Wildman–Crippen MR) is 494 cm³/mol. The number of aliphatic hydroxyl groups is 3. The van der Waals surface area contributed by atoms with Crippen molar-refractivity contribution in [1.82, 2.24) is 14.7 Å². The highest BCUT2D eigenvalue weighted by Crippen LogP contribution is 2.52. The van der Waals surface area contributed by atoms with E-state index in [1.165, 1.54) is 55.4 Å². The molecule has 4 rings (SSSR count). The minimum Gasteiger partial charge on any atom is -0.464 e. The predicted octanol–water partition coefficient (Wildman–Crippen LogP) is 8.92. The molecule has 0 aromatic rings. The molecule has 0 spiro atoms. The lowest BCUT2D eigenvalue weighted by atomic mass is 9.62. The van der Waals surface area contributed by atoms with Gasteiger partial charge in [-0.15, -0.1) is 0 Å². The topological polar surface area (TPSA) is 493 Å². The van der Waals surface area contributed by atoms with Gasteiger partial charge in [0.1, 0.15) is 79.3 Å². The Morgan fingerprint density at radius 2 is 0.618 bits per heavy atom. The Morgan fingerprint density at radius 1 is 0.353 bits per heavy atom. The van der Waals surface area contributed by atoms with Gasteiger partial charge in [0.25, 0.3) is 0 Å². The van der Waals surface area contributed by atoms with Gasteiger partial charge in [0, 0.05) is 67.8 Å². The van der Waals surface area contributed by atoms with Gasteiger partial charge in [0.05, 0.1) is 95.8 Å². The van der Waals surface area contributed by atoms with E-state index in [1.54, 1.807) is 72.6 Å². The van der Waals surface area contributed by atoms with Gasteiger partial charge in [0.2, 0.25) is 18.9 Å². The Kier molecular flexibility index (Phi) is 62.1. The van der Waals surface area contributed by atoms with Crippen LogP contribution in [-0.4, -0.2) is 319 Å². The van der Waals surface area contributed by atoms with Gasteiger partial charge in [-0.05, 0) is 207 Å². The number of rotatable bonds is 34. The van der Waals surface area contributed by atoms with Crippen molar-refractivity contribution in [3.63, 3.8) is 0 Å². The highest BCUT2D eigenvalue weighted by Gasteiger charge is 2.56. The SMILES string of the molecule is C=C(C)C(=O)OC1CCCCO1.C=C(C)C(=O)OCCN(C)C.C=C(C)C(=O)OCCO.C=CC(=O)OCCOC(=O)C=C.CCC1CC(C)(C(=O)OC2CCCCO2)CC(C)(C(=O)OCCO)CC(C)(C(=O)OCCN(C)C)CC(C)C(=O)OCCOC(=O)C(CC)CC(C)(C(=O)OC2CCCCO2)CC(C)(C(=O)OCCO)CC(C)(C(=O)OCCN(C)C)CC(C)C(=O)OCCOC1=O. The first kappa shape index (κ1) is 126. The first-order valence-corrected chi connectivity index (χ1v) is 46.3. The maximum atomic E-state index is 14.9. The van der Waals surface area contributed by atoms with Crippen molar-refractivity contribution in [2.45, 2.75) is 231 Å². The summed E-state index contributed by atoms with van der Waals surface area (Å²) in [6.45, 7) is 35.9. The number of carbonyl (C=O) groups excluding carboxylic acids is 15. The van der Waals surface area contributed by atoms with E-state index in [2.05, 4.69) is 47.1 Å². The van der Waals surface area contributed by atoms with E-state index in [4.69, 9.17) is 76.2 Å². The summed E-state index contributed by atoms with van der Waals surface area (Å²) >= 11 is 0. The van der Waals surface area contributed by atoms with E-state index in [1.807, 2.05) is 19.0 Å². The first-order valence-electron chi connectivity index (χ1n) is 46.3. The summed E-state index contributed by atoms with van der Waals surface area (Å²) < 4.78 is 97.9. The fourth-order valence-electron chi connectivity index (χ4n) is 15.1. The zero-order valence-electron chi connectivity index (χ0n) is 84.2. The van der Waals surface area contributed by atoms with Crippen molar-refractivity contribution >= 4 is 89.5 Å². The molecule has 0 bridgehead atoms. The zero-order valence-corrected chi connectivity index (χ0v) is 84.2. The average molecular weight is 1940 g/mol. The number of nitrogens with zero attached hydrogens (tertiary/aromatic N) is 3. The molecular weight excluding hydrogens is 1780 g/mol. The number of likely N-dealkylation sites (N-methyl/N-ethyl adjacent to an activating group) is 3. The molecule has 3 N–H and O–H groups in total. The first-order chi connectivity index (χ1) is 63.8. The van der Waals surface area contributed by atoms with Crippen molar-refractivity contribution in [2.24, 2.45) is 56.2 Å². The van der Waals surface area contributed by atoms with Crippen molar-refractivity contribution in [2.75, 3.05) is 181 Å². The normalized spacial score (nSPS) is 25.7. The summed E-state index contributed by atoms with van der Waals surface area (Å²) in [5.74, 6) is -14.8. The van der Waals surface area contributed by atoms with E-state index in [0.29, 0.717) is 81.9 Å². The second-order valence-electron chi connectivity index (χ2n) is 36.7. The third kappa shape index (κ3) is 50.6. The highest BCUT2D eigenvalue weighted by atomic mass is 16.7. The molecule has 4 fully saturated rings. The molecule has 13 atom stereocenters. The Balaban J connectivity index is 0.00000333. The number of carbonyl (C=O) groups is 15. The Bertz CT molecular complexity index is 3610. The number of ether oxygens (including phenoxy) is 18. The van der Waals surface area contributed by atoms with Crippen molar-refractivity contribution < 1.29 is 173 Å². The van der Waals surface area contributed by atoms with Gasteiger partial charge in [-0.2, -0.15) is 0 Å². The smallest absolute Gasteiger partial charge is 0.335 e. The van der Waals surface area contributed by atoms with E-state index in [0.717, 1.165) is 50.8 Å². The molecule has 4 aliphatic heterocycles. The summed E-state index contributed by atoms with van der Waals surface area (Å²) in [6, 6.07) is 0. The van der Waals surface area contributed by atoms with E-state index in [9.17, 15) is 82.1 Å². The minimum atomic E-state index is -1.83. The zero-order chi connectivity index (χ0) is 104. The minimum absolute atomic E-state index is 0.0322. The van der Waals surface area contributed by atoms with Crippen LogP contribution in [0.5, 0.6) is 0 Å². The van der Waals surface area contributed by atoms with Crippen LogP contribution in [0.1, 0.15) is 212 Å². The molecule has 778 valence electrons. The molecule has 13 unspecified atom stereocenters. The molecule has 4 aliphatic rings. The Hall–Kier alpha value is -9.61. The molecule has 0 amide bonds. The molecule has 39 nitrogen and oxygen atoms in total. The van der Waals surface area contributed by atoms with Crippen LogP contribution >= 0.6 is 0 Å². The van der Waals surface area contributed by atoms with Crippen LogP contribution in [0.25, 0.3) is 0 Å². The lowest BCUT2D eigenvalue weighted by Crippen LogP contribution is -2.48. The largest absolute Gasteiger partial charge is 0.464 e. The molecule has 0 radical (unpaired) electrons. The van der Waals surface area contributed by atoms with Gasteiger partial charge in [-0.25, -0.2) is 24.0 Å². The molecule has 39 heteroatoms. The molecule has 0 aliphatic carbocycles. The third-order valence-electron chi connectivity index (χ3n) is 22.0. The lowest BCUT2D eigenvalue weighted by Gasteiger charge is -2.42. The summed E-state index contributed by atoms with van der Waals surface area (Å²) in [6.07, 6.45) is 3.71. The molecular formula is C97H159N3O36. The van der Waals surface area contributed by atoms with E-state index < -0.39 is 225 Å². The second-order valence-corrected chi connectivity index (χ2v) is 36.7. The Morgan fingerprint density at radius 3 is 0.890 bits per heavy atom. The summed E-state index contributed by atoms with van der Waals surface area (Å²) in [4.78, 5) is 204. The van der Waals surface area contributed by atoms with Gasteiger partial charge in [-0.1, -0.05) is 60.6 Å². The third-order valence-corrected chi connectivity index (χ3v) is 22.0. The maximum Gasteiger partial charge on any atom is 0.335 e. The summed E-state index contributed by atoms with van der Waals surface area (Å²) in [5, 5.41) is 27.9. The molecule has 136 heavy (non-hydrogen) atoms. The number of hydrogen-bond donors (Lipinski definition) is 3. The van der Waals surface area contributed by atoms with Crippen LogP contribution in [0.4, 0.5) is 0 Å². The molecule has 4 saturated heterocycles. The molecule has 4 heterocycles. The van der Waals surface area contributed by atoms with Crippen LogP contribution in [-0.2, 0) is 157 Å². The summed E-state index contributed by atoms with van der Waals surface area (Å²) in [7, 11) is 11.0. The standard InChI is InChI=1S/C66H110N2O24.C9H14O3.C8H15NO2.C8H10O4.C6H10O3/c1-15-47-39-63(7,59(79)91-49-21-17-19-27-81-49)43-65(9,57(77)89-31-25-69)41-61(5,55(75)87-29-23-67(11)12)37-46(4)52(72)84-34-36-86-54(74)48(16-2)40-64(8,60(80)92-50-22-18-20-28-82-50)44-66(10,58(78)90-32-26-70)42-62(6,56(76)88-30-24-68(13)14)38-45(3)51(71)83-33-35-85-53(47)73;1-7(2)9(10)12-8-5-3-4-6-11-8;1-7(2)8(10)11-6-5-9(3)4;1-3-7(9)11-5-6-12-8(10)4-2;1-5(2)6(8)9-4-3-7/h45-50,69-70H,15-44H2,1-14H3;8H,1,3-6H2,2H3;1,5-6H2,2-4H3;3-4H,1-2,5-6H2;7H,1,3-4H2,2H3. The van der Waals surface area contributed by atoms with Gasteiger partial charge in [0.15, 0.2) is 0 Å². The number of cyclic esters (lactones) is 4. The molecule has 0 saturated carbocycles. The van der Waals surface area contributed by atoms with Crippen molar-refractivity contribution in [3.05, 3.63) is 61.8 Å². The fourth-order valence-corrected chi connectivity index (χ4v) is 15.1. The van der Waals surface area contributed by atoms with E-state index in [-0.39, 0.29) is 96.4 Å². The highest BCUT2D eigenvalue weighted by molar-refractivity contribution is 5.89. The number of esters is 15. The van der Waals surface area contributed by atoms with Gasteiger partial charge >= 0.3 is 89.5 Å².